The highest BCUT2D eigenvalue weighted by molar-refractivity contribution is 9.10. The van der Waals surface area contributed by atoms with Crippen molar-refractivity contribution < 1.29 is 13.2 Å². The summed E-state index contributed by atoms with van der Waals surface area (Å²) >= 11 is 3.39. The summed E-state index contributed by atoms with van der Waals surface area (Å²) in [6, 6.07) is 11.0. The molecule has 1 nitrogen and oxygen atoms in total. The van der Waals surface area contributed by atoms with Gasteiger partial charge in [-0.3, -0.25) is 0 Å². The van der Waals surface area contributed by atoms with Crippen molar-refractivity contribution in [2.75, 3.05) is 5.32 Å². The minimum atomic E-state index is -4.32. The van der Waals surface area contributed by atoms with Crippen molar-refractivity contribution in [3.05, 3.63) is 63.6 Å². The lowest BCUT2D eigenvalue weighted by Crippen LogP contribution is -2.10. The second kappa shape index (κ2) is 6.10. The minimum Gasteiger partial charge on any atom is -0.378 e. The van der Waals surface area contributed by atoms with E-state index in [0.717, 1.165) is 21.8 Å². The highest BCUT2D eigenvalue weighted by Gasteiger charge is 2.30. The molecule has 2 aromatic carbocycles. The van der Waals surface area contributed by atoms with Crippen LogP contribution in [-0.4, -0.2) is 0 Å². The Hall–Kier alpha value is -1.49. The van der Waals surface area contributed by atoms with E-state index < -0.39 is 11.7 Å². The van der Waals surface area contributed by atoms with Crippen molar-refractivity contribution in [3.8, 4) is 0 Å². The van der Waals surface area contributed by atoms with Gasteiger partial charge in [0.05, 0.1) is 5.56 Å². The zero-order valence-corrected chi connectivity index (χ0v) is 13.2. The van der Waals surface area contributed by atoms with Crippen molar-refractivity contribution in [2.24, 2.45) is 0 Å². The van der Waals surface area contributed by atoms with Crippen LogP contribution in [0.1, 0.15) is 29.7 Å². The summed E-state index contributed by atoms with van der Waals surface area (Å²) < 4.78 is 39.2. The van der Waals surface area contributed by atoms with E-state index in [1.807, 2.05) is 32.0 Å². The van der Waals surface area contributed by atoms with Crippen molar-refractivity contribution in [2.45, 2.75) is 26.1 Å². The van der Waals surface area contributed by atoms with Crippen molar-refractivity contribution in [1.29, 1.82) is 0 Å². The molecule has 2 rings (SSSR count). The first-order valence-electron chi connectivity index (χ1n) is 6.47. The van der Waals surface area contributed by atoms with Crippen LogP contribution in [0.2, 0.25) is 0 Å². The maximum absolute atomic E-state index is 12.7. The van der Waals surface area contributed by atoms with Crippen LogP contribution in [-0.2, 0) is 6.18 Å². The van der Waals surface area contributed by atoms with Gasteiger partial charge in [-0.05, 0) is 49.2 Å². The normalized spacial score (nSPS) is 13.0. The van der Waals surface area contributed by atoms with Crippen molar-refractivity contribution >= 4 is 21.6 Å². The number of halogens is 4. The number of nitrogens with one attached hydrogen (secondary N) is 1. The van der Waals surface area contributed by atoms with Gasteiger partial charge < -0.3 is 5.32 Å². The molecule has 0 aliphatic rings. The molecule has 2 aromatic rings. The third-order valence-corrected chi connectivity index (χ3v) is 3.78. The molecule has 1 N–H and O–H groups in total. The summed E-state index contributed by atoms with van der Waals surface area (Å²) in [7, 11) is 0. The fourth-order valence-electron chi connectivity index (χ4n) is 2.05. The number of hydrogen-bond donors (Lipinski definition) is 1. The molecular weight excluding hydrogens is 343 g/mol. The predicted octanol–water partition coefficient (Wildman–Crippen LogP) is 5.95. The molecule has 0 saturated carbocycles. The smallest absolute Gasteiger partial charge is 0.378 e. The molecule has 0 amide bonds. The van der Waals surface area contributed by atoms with Crippen molar-refractivity contribution in [3.63, 3.8) is 0 Å². The Kier molecular flexibility index (Phi) is 4.61. The molecule has 112 valence electrons. The van der Waals surface area contributed by atoms with E-state index in [2.05, 4.69) is 21.2 Å². The van der Waals surface area contributed by atoms with Crippen LogP contribution in [0.4, 0.5) is 18.9 Å². The second-order valence-electron chi connectivity index (χ2n) is 4.95. The number of aryl methyl sites for hydroxylation is 1. The van der Waals surface area contributed by atoms with E-state index in [1.54, 1.807) is 6.07 Å². The highest BCUT2D eigenvalue weighted by atomic mass is 79.9. The molecule has 0 radical (unpaired) electrons. The molecule has 5 heteroatoms. The van der Waals surface area contributed by atoms with Gasteiger partial charge in [0.2, 0.25) is 0 Å². The Morgan fingerprint density at radius 1 is 1.10 bits per heavy atom. The first kappa shape index (κ1) is 15.9. The largest absolute Gasteiger partial charge is 0.416 e. The van der Waals surface area contributed by atoms with Gasteiger partial charge in [0.1, 0.15) is 0 Å². The molecule has 0 aliphatic heterocycles. The van der Waals surface area contributed by atoms with E-state index in [1.165, 1.54) is 12.1 Å². The van der Waals surface area contributed by atoms with Gasteiger partial charge in [0.25, 0.3) is 0 Å². The van der Waals surface area contributed by atoms with Gasteiger partial charge in [-0.25, -0.2) is 0 Å². The fraction of sp³-hybridized carbons (Fsp3) is 0.250. The van der Waals surface area contributed by atoms with E-state index in [9.17, 15) is 13.2 Å². The summed E-state index contributed by atoms with van der Waals surface area (Å²) in [5.41, 5.74) is 1.91. The van der Waals surface area contributed by atoms with Gasteiger partial charge in [-0.2, -0.15) is 13.2 Å². The van der Waals surface area contributed by atoms with Gasteiger partial charge in [0, 0.05) is 16.2 Å². The fourth-order valence-corrected chi connectivity index (χ4v) is 2.41. The molecule has 0 heterocycles. The number of anilines is 1. The van der Waals surface area contributed by atoms with Gasteiger partial charge in [-0.1, -0.05) is 34.1 Å². The highest BCUT2D eigenvalue weighted by Crippen LogP contribution is 2.32. The van der Waals surface area contributed by atoms with Gasteiger partial charge >= 0.3 is 6.18 Å². The van der Waals surface area contributed by atoms with Crippen LogP contribution in [0.3, 0.4) is 0 Å². The molecule has 21 heavy (non-hydrogen) atoms. The van der Waals surface area contributed by atoms with E-state index in [-0.39, 0.29) is 6.04 Å². The Morgan fingerprint density at radius 3 is 2.48 bits per heavy atom. The van der Waals surface area contributed by atoms with Crippen LogP contribution >= 0.6 is 15.9 Å². The molecule has 1 unspecified atom stereocenters. The van der Waals surface area contributed by atoms with Crippen LogP contribution in [0.5, 0.6) is 0 Å². The molecule has 0 spiro atoms. The molecule has 0 aromatic heterocycles. The van der Waals surface area contributed by atoms with E-state index in [4.69, 9.17) is 0 Å². The van der Waals surface area contributed by atoms with E-state index in [0.29, 0.717) is 5.56 Å². The Labute approximate surface area is 130 Å². The van der Waals surface area contributed by atoms with Crippen LogP contribution in [0, 0.1) is 6.92 Å². The summed E-state index contributed by atoms with van der Waals surface area (Å²) in [4.78, 5) is 0. The zero-order valence-electron chi connectivity index (χ0n) is 11.6. The Morgan fingerprint density at radius 2 is 1.81 bits per heavy atom. The summed E-state index contributed by atoms with van der Waals surface area (Å²) in [6.45, 7) is 3.80. The molecule has 1 atom stereocenters. The van der Waals surface area contributed by atoms with Crippen LogP contribution in [0.15, 0.2) is 46.9 Å². The average Bonchev–Trinajstić information content (AvgIpc) is 2.42. The minimum absolute atomic E-state index is 0.222. The van der Waals surface area contributed by atoms with Crippen LogP contribution in [0.25, 0.3) is 0 Å². The molecule has 0 fully saturated rings. The quantitative estimate of drug-likeness (QED) is 0.715. The van der Waals surface area contributed by atoms with Crippen molar-refractivity contribution in [1.82, 2.24) is 0 Å². The number of rotatable bonds is 3. The summed E-state index contributed by atoms with van der Waals surface area (Å²) in [5.74, 6) is 0. The zero-order chi connectivity index (χ0) is 15.6. The maximum atomic E-state index is 12.7. The number of alkyl halides is 3. The standard InChI is InChI=1S/C16H15BrF3N/c1-10-6-7-14(17)9-15(10)21-11(2)12-4-3-5-13(8-12)16(18,19)20/h3-9,11,21H,1-2H3. The SMILES string of the molecule is Cc1ccc(Br)cc1NC(C)c1cccc(C(F)(F)F)c1. The topological polar surface area (TPSA) is 12.0 Å². The lowest BCUT2D eigenvalue weighted by Gasteiger charge is -2.19. The monoisotopic (exact) mass is 357 g/mol. The summed E-state index contributed by atoms with van der Waals surface area (Å²) in [5, 5.41) is 3.25. The van der Waals surface area contributed by atoms with Crippen LogP contribution < -0.4 is 5.32 Å². The number of benzene rings is 2. The first-order valence-corrected chi connectivity index (χ1v) is 7.26. The molecular formula is C16H15BrF3N. The molecule has 0 saturated heterocycles. The lowest BCUT2D eigenvalue weighted by atomic mass is 10.0. The predicted molar refractivity (Wildman–Crippen MR) is 82.4 cm³/mol. The lowest BCUT2D eigenvalue weighted by molar-refractivity contribution is -0.137. The van der Waals surface area contributed by atoms with Gasteiger partial charge in [0.15, 0.2) is 0 Å². The number of hydrogen-bond acceptors (Lipinski definition) is 1. The Balaban J connectivity index is 2.24. The van der Waals surface area contributed by atoms with Gasteiger partial charge in [-0.15, -0.1) is 0 Å². The molecule has 0 bridgehead atoms. The first-order chi connectivity index (χ1) is 9.77. The maximum Gasteiger partial charge on any atom is 0.416 e. The molecule has 0 aliphatic carbocycles. The third kappa shape index (κ3) is 4.00. The second-order valence-corrected chi connectivity index (χ2v) is 5.86. The van der Waals surface area contributed by atoms with E-state index >= 15 is 0 Å². The average molecular weight is 358 g/mol. The summed E-state index contributed by atoms with van der Waals surface area (Å²) in [6.07, 6.45) is -4.32. The third-order valence-electron chi connectivity index (χ3n) is 3.29. The Bertz CT molecular complexity index is 638.